The van der Waals surface area contributed by atoms with E-state index in [1.54, 1.807) is 11.0 Å². The number of fused-ring (bicyclic) bond motifs is 1. The van der Waals surface area contributed by atoms with Gasteiger partial charge in [0.2, 0.25) is 0 Å². The number of aromatic nitrogens is 1. The number of allylic oxidation sites excluding steroid dienone is 2. The van der Waals surface area contributed by atoms with Crippen LogP contribution in [0.2, 0.25) is 0 Å². The fourth-order valence-electron chi connectivity index (χ4n) is 5.16. The first-order valence-electron chi connectivity index (χ1n) is 13.1. The molecule has 2 aliphatic rings. The summed E-state index contributed by atoms with van der Waals surface area (Å²) in [6, 6.07) is 13.9. The zero-order chi connectivity index (χ0) is 26.8. The van der Waals surface area contributed by atoms with Crippen LogP contribution in [0.15, 0.2) is 55.1 Å². The Hall–Kier alpha value is -3.88. The molecule has 2 aliphatic heterocycles. The number of ether oxygens (including phenoxy) is 1. The number of aryl methyl sites for hydroxylation is 1. The summed E-state index contributed by atoms with van der Waals surface area (Å²) in [6.07, 6.45) is 1.74. The maximum absolute atomic E-state index is 13.0. The summed E-state index contributed by atoms with van der Waals surface area (Å²) >= 11 is 0. The van der Waals surface area contributed by atoms with Crippen molar-refractivity contribution in [1.29, 1.82) is 0 Å². The Labute approximate surface area is 223 Å². The molecule has 8 nitrogen and oxygen atoms in total. The van der Waals surface area contributed by atoms with Crippen LogP contribution in [-0.4, -0.2) is 86.1 Å². The van der Waals surface area contributed by atoms with Gasteiger partial charge in [-0.15, -0.1) is 0 Å². The fourth-order valence-corrected chi connectivity index (χ4v) is 5.16. The van der Waals surface area contributed by atoms with Gasteiger partial charge < -0.3 is 30.2 Å². The number of primary amides is 1. The topological polar surface area (TPSA) is 94.9 Å². The SMILES string of the molecule is C=C(/C=C(/C(N)=O)c1[nH]c2cc(C(=O)N3CCOCC3)ccc2c1C)c1ccc(N2CCN(C)CC2)cc1. The lowest BCUT2D eigenvalue weighted by molar-refractivity contribution is -0.112. The fraction of sp³-hybridized carbons (Fsp3) is 0.333. The van der Waals surface area contributed by atoms with Gasteiger partial charge in [0.1, 0.15) is 0 Å². The molecule has 0 unspecified atom stereocenters. The first-order chi connectivity index (χ1) is 18.3. The summed E-state index contributed by atoms with van der Waals surface area (Å²) in [5.41, 5.74) is 11.9. The molecule has 3 N–H and O–H groups in total. The number of nitrogens with two attached hydrogens (primary N) is 1. The largest absolute Gasteiger partial charge is 0.378 e. The molecule has 0 aliphatic carbocycles. The molecule has 0 atom stereocenters. The van der Waals surface area contributed by atoms with E-state index in [1.807, 2.05) is 37.3 Å². The number of aromatic amines is 1. The number of amides is 2. The van der Waals surface area contributed by atoms with Gasteiger partial charge in [0.25, 0.3) is 11.8 Å². The second-order valence-corrected chi connectivity index (χ2v) is 10.1. The van der Waals surface area contributed by atoms with Gasteiger partial charge in [-0.1, -0.05) is 24.8 Å². The number of anilines is 1. The van der Waals surface area contributed by atoms with Gasteiger partial charge in [0.05, 0.1) is 24.5 Å². The summed E-state index contributed by atoms with van der Waals surface area (Å²) in [7, 11) is 2.14. The van der Waals surface area contributed by atoms with Crippen LogP contribution in [0.1, 0.15) is 27.2 Å². The second-order valence-electron chi connectivity index (χ2n) is 10.1. The van der Waals surface area contributed by atoms with E-state index in [4.69, 9.17) is 10.5 Å². The number of nitrogens with one attached hydrogen (secondary N) is 1. The van der Waals surface area contributed by atoms with E-state index in [-0.39, 0.29) is 5.91 Å². The van der Waals surface area contributed by atoms with Crippen LogP contribution in [0.3, 0.4) is 0 Å². The predicted octanol–water partition coefficient (Wildman–Crippen LogP) is 3.28. The summed E-state index contributed by atoms with van der Waals surface area (Å²) in [5, 5.41) is 0.938. The lowest BCUT2D eigenvalue weighted by Crippen LogP contribution is -2.44. The van der Waals surface area contributed by atoms with Crippen molar-refractivity contribution in [1.82, 2.24) is 14.8 Å². The first-order valence-corrected chi connectivity index (χ1v) is 13.1. The Kier molecular flexibility index (Phi) is 7.35. The normalized spacial score (nSPS) is 17.2. The molecule has 8 heteroatoms. The summed E-state index contributed by atoms with van der Waals surface area (Å²) < 4.78 is 5.36. The number of morpholine rings is 1. The zero-order valence-corrected chi connectivity index (χ0v) is 22.1. The van der Waals surface area contributed by atoms with Gasteiger partial charge in [-0.2, -0.15) is 0 Å². The van der Waals surface area contributed by atoms with Crippen LogP contribution in [0, 0.1) is 6.92 Å². The number of hydrogen-bond acceptors (Lipinski definition) is 5. The van der Waals surface area contributed by atoms with Gasteiger partial charge in [-0.25, -0.2) is 0 Å². The van der Waals surface area contributed by atoms with E-state index in [0.717, 1.165) is 48.2 Å². The van der Waals surface area contributed by atoms with Crippen LogP contribution >= 0.6 is 0 Å². The molecule has 3 aromatic rings. The Morgan fingerprint density at radius 1 is 0.974 bits per heavy atom. The molecule has 0 saturated carbocycles. The molecule has 198 valence electrons. The number of carbonyl (C=O) groups excluding carboxylic acids is 2. The number of benzene rings is 2. The number of likely N-dealkylation sites (N-methyl/N-ethyl adjacent to an activating group) is 1. The van der Waals surface area contributed by atoms with Crippen LogP contribution in [0.5, 0.6) is 0 Å². The van der Waals surface area contributed by atoms with Gasteiger partial charge in [-0.3, -0.25) is 9.59 Å². The van der Waals surface area contributed by atoms with E-state index in [1.165, 1.54) is 5.69 Å². The third-order valence-corrected chi connectivity index (χ3v) is 7.56. The van der Waals surface area contributed by atoms with Crippen LogP contribution in [0.4, 0.5) is 5.69 Å². The number of hydrogen-bond donors (Lipinski definition) is 2. The molecule has 5 rings (SSSR count). The minimum absolute atomic E-state index is 0.0249. The average molecular weight is 514 g/mol. The molecule has 0 radical (unpaired) electrons. The monoisotopic (exact) mass is 513 g/mol. The molecule has 3 heterocycles. The first kappa shape index (κ1) is 25.8. The number of nitrogens with zero attached hydrogens (tertiary/aromatic N) is 3. The zero-order valence-electron chi connectivity index (χ0n) is 22.1. The number of carbonyl (C=O) groups is 2. The van der Waals surface area contributed by atoms with Crippen molar-refractivity contribution in [3.63, 3.8) is 0 Å². The maximum Gasteiger partial charge on any atom is 0.254 e. The lowest BCUT2D eigenvalue weighted by Gasteiger charge is -2.34. The van der Waals surface area contributed by atoms with E-state index < -0.39 is 5.91 Å². The lowest BCUT2D eigenvalue weighted by atomic mass is 10.00. The van der Waals surface area contributed by atoms with Crippen molar-refractivity contribution < 1.29 is 14.3 Å². The molecular weight excluding hydrogens is 478 g/mol. The highest BCUT2D eigenvalue weighted by Gasteiger charge is 2.21. The summed E-state index contributed by atoms with van der Waals surface area (Å²) in [5.74, 6) is -0.567. The van der Waals surface area contributed by atoms with E-state index in [9.17, 15) is 9.59 Å². The Morgan fingerprint density at radius 2 is 1.63 bits per heavy atom. The predicted molar refractivity (Wildman–Crippen MR) is 152 cm³/mol. The highest BCUT2D eigenvalue weighted by Crippen LogP contribution is 2.30. The number of H-pyrrole nitrogens is 1. The van der Waals surface area contributed by atoms with Gasteiger partial charge in [0.15, 0.2) is 0 Å². The smallest absolute Gasteiger partial charge is 0.254 e. The molecule has 38 heavy (non-hydrogen) atoms. The molecular formula is C30H35N5O3. The van der Waals surface area contributed by atoms with Crippen molar-refractivity contribution >= 4 is 39.6 Å². The van der Waals surface area contributed by atoms with E-state index in [0.29, 0.717) is 48.7 Å². The van der Waals surface area contributed by atoms with Gasteiger partial charge in [-0.05, 0) is 61.0 Å². The third kappa shape index (κ3) is 5.23. The molecule has 2 saturated heterocycles. The average Bonchev–Trinajstić information content (AvgIpc) is 3.27. The minimum atomic E-state index is -0.542. The highest BCUT2D eigenvalue weighted by molar-refractivity contribution is 6.21. The third-order valence-electron chi connectivity index (χ3n) is 7.56. The van der Waals surface area contributed by atoms with Crippen LogP contribution in [-0.2, 0) is 9.53 Å². The maximum atomic E-state index is 13.0. The standard InChI is InChI=1S/C30H35N5O3/c1-20(22-4-7-24(8-5-22)34-12-10-33(3)11-13-34)18-26(29(31)36)28-21(2)25-9-6-23(19-27(25)32-28)30(37)35-14-16-38-17-15-35/h4-9,18-19,32H,1,10-17H2,2-3H3,(H2,31,36)/b26-18+. The van der Waals surface area contributed by atoms with E-state index in [2.05, 4.69) is 40.5 Å². The van der Waals surface area contributed by atoms with Crippen LogP contribution in [0.25, 0.3) is 22.0 Å². The molecule has 2 amide bonds. The van der Waals surface area contributed by atoms with Crippen molar-refractivity contribution in [3.8, 4) is 0 Å². The van der Waals surface area contributed by atoms with Crippen LogP contribution < -0.4 is 10.6 Å². The molecule has 0 spiro atoms. The molecule has 2 fully saturated rings. The highest BCUT2D eigenvalue weighted by atomic mass is 16.5. The Morgan fingerprint density at radius 3 is 2.29 bits per heavy atom. The summed E-state index contributed by atoms with van der Waals surface area (Å²) in [6.45, 7) is 12.5. The van der Waals surface area contributed by atoms with Crippen molar-refractivity contribution in [3.05, 3.63) is 77.5 Å². The number of rotatable bonds is 6. The quantitative estimate of drug-likeness (QED) is 0.390. The van der Waals surface area contributed by atoms with Crippen molar-refractivity contribution in [2.75, 3.05) is 64.4 Å². The minimum Gasteiger partial charge on any atom is -0.378 e. The Bertz CT molecular complexity index is 1390. The second kappa shape index (κ2) is 10.8. The van der Waals surface area contributed by atoms with Crippen molar-refractivity contribution in [2.24, 2.45) is 5.73 Å². The van der Waals surface area contributed by atoms with Gasteiger partial charge >= 0.3 is 0 Å². The Balaban J connectivity index is 1.40. The summed E-state index contributed by atoms with van der Waals surface area (Å²) in [4.78, 5) is 35.4. The molecule has 2 aromatic carbocycles. The van der Waals surface area contributed by atoms with Gasteiger partial charge in [0, 0.05) is 61.4 Å². The number of piperazine rings is 1. The van der Waals surface area contributed by atoms with Crippen molar-refractivity contribution in [2.45, 2.75) is 6.92 Å². The molecule has 1 aromatic heterocycles. The van der Waals surface area contributed by atoms with E-state index >= 15 is 0 Å². The molecule has 0 bridgehead atoms.